The van der Waals surface area contributed by atoms with E-state index in [0.29, 0.717) is 33.6 Å². The van der Waals surface area contributed by atoms with Gasteiger partial charge in [-0.1, -0.05) is 104 Å². The minimum Gasteiger partial charge on any atom is -0.268 e. The number of carbonyl (C=O) groups is 4. The second-order valence-corrected chi connectivity index (χ2v) is 25.2. The van der Waals surface area contributed by atoms with Crippen LogP contribution in [0.15, 0.2) is 131 Å². The zero-order valence-electron chi connectivity index (χ0n) is 46.7. The summed E-state index contributed by atoms with van der Waals surface area (Å²) >= 11 is 9.46. The fraction of sp³-hybridized carbons (Fsp3) is 0.222. The van der Waals surface area contributed by atoms with Crippen LogP contribution in [0, 0.1) is 13.8 Å². The summed E-state index contributed by atoms with van der Waals surface area (Å²) in [7, 11) is 0. The fourth-order valence-electron chi connectivity index (χ4n) is 14.0. The van der Waals surface area contributed by atoms with Gasteiger partial charge in [-0.25, -0.2) is 9.80 Å². The molecule has 0 bridgehead atoms. The Hall–Kier alpha value is -7.78. The monoisotopic (exact) mass is 1080 g/mol. The van der Waals surface area contributed by atoms with Gasteiger partial charge in [0.05, 0.1) is 11.4 Å². The highest BCUT2D eigenvalue weighted by molar-refractivity contribution is 7.80. The molecule has 0 saturated carbocycles. The number of rotatable bonds is 9. The van der Waals surface area contributed by atoms with E-state index in [1.54, 1.807) is 0 Å². The van der Waals surface area contributed by atoms with E-state index >= 15 is 0 Å². The number of imide groups is 2. The van der Waals surface area contributed by atoms with Crippen LogP contribution in [0.4, 0.5) is 11.4 Å². The van der Waals surface area contributed by atoms with Crippen LogP contribution in [0.25, 0.3) is 87.6 Å². The van der Waals surface area contributed by atoms with Crippen molar-refractivity contribution in [2.75, 3.05) is 9.80 Å². The largest absolute Gasteiger partial charge is 0.268 e. The molecular formula is C72H60N2O4S2. The van der Waals surface area contributed by atoms with Gasteiger partial charge < -0.3 is 0 Å². The van der Waals surface area contributed by atoms with Crippen molar-refractivity contribution in [2.45, 2.75) is 116 Å². The van der Waals surface area contributed by atoms with Gasteiger partial charge in [-0.2, -0.15) is 0 Å². The lowest BCUT2D eigenvalue weighted by Crippen LogP contribution is -2.41. The number of fused-ring (bicyclic) bond motifs is 8. The second-order valence-electron chi connectivity index (χ2n) is 24.1. The molecule has 0 radical (unpaired) electrons. The molecule has 0 saturated heterocycles. The van der Waals surface area contributed by atoms with E-state index in [1.165, 1.54) is 32.1 Å². The molecule has 4 aliphatic rings. The Labute approximate surface area is 477 Å². The van der Waals surface area contributed by atoms with E-state index in [-0.39, 0.29) is 47.3 Å². The van der Waals surface area contributed by atoms with Gasteiger partial charge in [0.2, 0.25) is 0 Å². The van der Waals surface area contributed by atoms with Crippen LogP contribution in [-0.4, -0.2) is 23.6 Å². The topological polar surface area (TPSA) is 74.8 Å². The average Bonchev–Trinajstić information content (AvgIpc) is 4.02. The van der Waals surface area contributed by atoms with E-state index in [9.17, 15) is 19.2 Å². The van der Waals surface area contributed by atoms with Crippen molar-refractivity contribution in [3.8, 4) is 44.5 Å². The Morgan fingerprint density at radius 1 is 0.325 bits per heavy atom. The molecule has 8 heteroatoms. The van der Waals surface area contributed by atoms with Crippen molar-refractivity contribution < 1.29 is 19.2 Å². The summed E-state index contributed by atoms with van der Waals surface area (Å²) in [6, 6.07) is 42.5. The molecule has 6 nitrogen and oxygen atoms in total. The smallest absolute Gasteiger partial charge is 0.266 e. The quantitative estimate of drug-likeness (QED) is 0.112. The maximum Gasteiger partial charge on any atom is 0.266 e. The number of carbonyl (C=O) groups excluding carboxylic acids is 4. The Balaban J connectivity index is 0.777. The van der Waals surface area contributed by atoms with Gasteiger partial charge in [0.25, 0.3) is 23.6 Å². The van der Waals surface area contributed by atoms with Crippen LogP contribution < -0.4 is 9.80 Å². The molecule has 0 fully saturated rings. The van der Waals surface area contributed by atoms with Crippen molar-refractivity contribution in [3.05, 3.63) is 188 Å². The van der Waals surface area contributed by atoms with E-state index in [0.717, 1.165) is 132 Å². The van der Waals surface area contributed by atoms with Gasteiger partial charge in [0.1, 0.15) is 0 Å². The maximum absolute atomic E-state index is 14.8. The molecule has 2 heterocycles. The summed E-state index contributed by atoms with van der Waals surface area (Å²) in [6.45, 7) is 21.2. The fourth-order valence-corrected chi connectivity index (χ4v) is 14.6. The van der Waals surface area contributed by atoms with Gasteiger partial charge in [-0.3, -0.25) is 19.2 Å². The van der Waals surface area contributed by atoms with E-state index in [1.807, 2.05) is 48.5 Å². The van der Waals surface area contributed by atoms with Crippen molar-refractivity contribution in [3.63, 3.8) is 0 Å². The third kappa shape index (κ3) is 7.13. The van der Waals surface area contributed by atoms with Crippen LogP contribution in [0.3, 0.4) is 0 Å². The number of anilines is 2. The van der Waals surface area contributed by atoms with Crippen molar-refractivity contribution in [2.24, 2.45) is 0 Å². The SMILES string of the molecule is Cc1cc2cc3c(cc2cc1CCc1cc2cc4c(cc2cc1C)-c1ccc2c5c(ccc-4c15)C(=O)N(c1c(C(C)C)cc(S)cc1C(C)C)C2=O)-c1ccc2c4c(ccc-3c14)C(=O)N(c1c(C(C)C)cc(S)cc1C(C)C)C2=O. The number of amides is 4. The Bertz CT molecular complexity index is 4190. The Morgan fingerprint density at radius 3 is 0.825 bits per heavy atom. The minimum atomic E-state index is -0.290. The van der Waals surface area contributed by atoms with Crippen LogP contribution in [-0.2, 0) is 12.8 Å². The standard InChI is InChI=1S/C72H60N2O4S2/c1-33(2)55-29-45(79)30-56(34(3)4)67(55)73-69(75)51-17-13-47-59-25-41-21-37(9)39(23-43(41)27-61(59)49-15-19-53(71(73)77)65(51)63(47)49)11-12-40-24-44-28-62-50-16-20-54-66-52(18-14-48(64(50)66)60(62)26-42(44)22-38(40)10)70(76)74(72(54)78)68-57(35(5)6)31-46(80)32-58(68)36(7)8/h13-36,79-80H,11-12H2,1-10H3. The average molecular weight is 1080 g/mol. The highest BCUT2D eigenvalue weighted by Crippen LogP contribution is 2.55. The lowest BCUT2D eigenvalue weighted by molar-refractivity contribution is 0.0877. The Kier molecular flexibility index (Phi) is 11.3. The molecule has 394 valence electrons. The molecule has 14 rings (SSSR count). The molecule has 0 N–H and O–H groups in total. The Morgan fingerprint density at radius 2 is 0.562 bits per heavy atom. The molecular weight excluding hydrogens is 1020 g/mol. The first-order valence-electron chi connectivity index (χ1n) is 28.2. The van der Waals surface area contributed by atoms with Crippen LogP contribution in [0.2, 0.25) is 0 Å². The first kappa shape index (κ1) is 50.4. The molecule has 2 aliphatic heterocycles. The van der Waals surface area contributed by atoms with Crippen LogP contribution in [0.1, 0.15) is 165 Å². The van der Waals surface area contributed by atoms with Gasteiger partial charge in [-0.15, -0.1) is 25.3 Å². The number of hydrogen-bond donors (Lipinski definition) is 2. The molecule has 0 aromatic heterocycles. The third-order valence-corrected chi connectivity index (χ3v) is 18.5. The van der Waals surface area contributed by atoms with Gasteiger partial charge in [-0.05, 0) is 244 Å². The molecule has 10 aromatic rings. The maximum atomic E-state index is 14.8. The number of thiol groups is 2. The van der Waals surface area contributed by atoms with Gasteiger partial charge in [0, 0.05) is 42.8 Å². The minimum absolute atomic E-state index is 0.0691. The zero-order chi connectivity index (χ0) is 55.8. The first-order valence-corrected chi connectivity index (χ1v) is 29.1. The highest BCUT2D eigenvalue weighted by atomic mass is 32.1. The van der Waals surface area contributed by atoms with Crippen molar-refractivity contribution in [1.29, 1.82) is 0 Å². The number of nitrogens with zero attached hydrogens (tertiary/aromatic N) is 2. The second kappa shape index (κ2) is 17.9. The number of benzene rings is 10. The third-order valence-electron chi connectivity index (χ3n) is 18.0. The summed E-state index contributed by atoms with van der Waals surface area (Å²) in [4.78, 5) is 63.7. The van der Waals surface area contributed by atoms with Crippen LogP contribution >= 0.6 is 25.3 Å². The highest BCUT2D eigenvalue weighted by Gasteiger charge is 2.42. The van der Waals surface area contributed by atoms with E-state index < -0.39 is 0 Å². The number of hydrogen-bond acceptors (Lipinski definition) is 6. The van der Waals surface area contributed by atoms with Crippen LogP contribution in [0.5, 0.6) is 0 Å². The summed E-state index contributed by atoms with van der Waals surface area (Å²) in [5, 5.41) is 8.04. The number of aryl methyl sites for hydroxylation is 4. The molecule has 0 atom stereocenters. The summed E-state index contributed by atoms with van der Waals surface area (Å²) in [6.07, 6.45) is 1.72. The molecule has 4 amide bonds. The van der Waals surface area contributed by atoms with Crippen molar-refractivity contribution in [1.82, 2.24) is 0 Å². The lowest BCUT2D eigenvalue weighted by Gasteiger charge is -2.32. The molecule has 0 spiro atoms. The normalized spacial score (nSPS) is 14.1. The summed E-state index contributed by atoms with van der Waals surface area (Å²) in [5.74, 6) is -0.883. The van der Waals surface area contributed by atoms with Crippen molar-refractivity contribution >= 4 is 103 Å². The van der Waals surface area contributed by atoms with Gasteiger partial charge in [0.15, 0.2) is 0 Å². The summed E-state index contributed by atoms with van der Waals surface area (Å²) < 4.78 is 0. The molecule has 80 heavy (non-hydrogen) atoms. The lowest BCUT2D eigenvalue weighted by atomic mass is 9.87. The zero-order valence-corrected chi connectivity index (χ0v) is 48.5. The van der Waals surface area contributed by atoms with E-state index in [4.69, 9.17) is 25.3 Å². The van der Waals surface area contributed by atoms with E-state index in [2.05, 4.69) is 142 Å². The molecule has 10 aromatic carbocycles. The molecule has 2 aliphatic carbocycles. The molecule has 0 unspecified atom stereocenters. The first-order chi connectivity index (χ1) is 38.3. The summed E-state index contributed by atoms with van der Waals surface area (Å²) in [5.41, 5.74) is 21.0. The van der Waals surface area contributed by atoms with Gasteiger partial charge >= 0.3 is 0 Å². The predicted molar refractivity (Wildman–Crippen MR) is 335 cm³/mol. The predicted octanol–water partition coefficient (Wildman–Crippen LogP) is 18.7.